The van der Waals surface area contributed by atoms with Gasteiger partial charge in [-0.3, -0.25) is 4.79 Å². The predicted octanol–water partition coefficient (Wildman–Crippen LogP) is 3.46. The van der Waals surface area contributed by atoms with Crippen molar-refractivity contribution in [3.63, 3.8) is 0 Å². The second-order valence-corrected chi connectivity index (χ2v) is 5.88. The molecule has 1 unspecified atom stereocenters. The first-order valence-electron chi connectivity index (χ1n) is 6.33. The zero-order valence-electron chi connectivity index (χ0n) is 9.73. The summed E-state index contributed by atoms with van der Waals surface area (Å²) in [5.41, 5.74) is 0.806. The van der Waals surface area contributed by atoms with Crippen molar-refractivity contribution in [3.05, 3.63) is 34.3 Å². The minimum absolute atomic E-state index is 0.201. The van der Waals surface area contributed by atoms with Crippen molar-refractivity contribution in [2.75, 3.05) is 6.54 Å². The smallest absolute Gasteiger partial charge is 0.255 e. The van der Waals surface area contributed by atoms with Gasteiger partial charge in [0.25, 0.3) is 5.91 Å². The van der Waals surface area contributed by atoms with Gasteiger partial charge in [0, 0.05) is 17.1 Å². The SMILES string of the molecule is O=C(c1ccccc1Br)N1CCCC1C1CC1. The first-order chi connectivity index (χ1) is 8.27. The van der Waals surface area contributed by atoms with Crippen LogP contribution in [0.3, 0.4) is 0 Å². The van der Waals surface area contributed by atoms with Crippen LogP contribution in [0.1, 0.15) is 36.0 Å². The molecule has 1 heterocycles. The number of amides is 1. The van der Waals surface area contributed by atoms with Crippen LogP contribution in [0.4, 0.5) is 0 Å². The minimum Gasteiger partial charge on any atom is -0.335 e. The average molecular weight is 294 g/mol. The minimum atomic E-state index is 0.201. The lowest BCUT2D eigenvalue weighted by atomic mass is 10.1. The van der Waals surface area contributed by atoms with Gasteiger partial charge >= 0.3 is 0 Å². The Labute approximate surface area is 110 Å². The molecule has 1 aliphatic heterocycles. The molecule has 1 atom stereocenters. The standard InChI is InChI=1S/C14H16BrNO/c15-12-5-2-1-4-11(12)14(17)16-9-3-6-13(16)10-7-8-10/h1-2,4-5,10,13H,3,6-9H2. The van der Waals surface area contributed by atoms with Crippen LogP contribution in [-0.4, -0.2) is 23.4 Å². The van der Waals surface area contributed by atoms with Crippen molar-refractivity contribution in [1.29, 1.82) is 0 Å². The molecule has 3 heteroatoms. The Morgan fingerprint density at radius 2 is 2.00 bits per heavy atom. The molecule has 2 fully saturated rings. The van der Waals surface area contributed by atoms with Gasteiger partial charge < -0.3 is 4.90 Å². The molecule has 0 radical (unpaired) electrons. The van der Waals surface area contributed by atoms with E-state index in [-0.39, 0.29) is 5.91 Å². The highest BCUT2D eigenvalue weighted by Crippen LogP contribution is 2.40. The maximum absolute atomic E-state index is 12.5. The van der Waals surface area contributed by atoms with Gasteiger partial charge in [-0.15, -0.1) is 0 Å². The molecule has 17 heavy (non-hydrogen) atoms. The maximum Gasteiger partial charge on any atom is 0.255 e. The van der Waals surface area contributed by atoms with Gasteiger partial charge in [0.15, 0.2) is 0 Å². The van der Waals surface area contributed by atoms with E-state index >= 15 is 0 Å². The molecule has 2 nitrogen and oxygen atoms in total. The van der Waals surface area contributed by atoms with E-state index in [1.54, 1.807) is 0 Å². The summed E-state index contributed by atoms with van der Waals surface area (Å²) in [5, 5.41) is 0. The Morgan fingerprint density at radius 3 is 2.71 bits per heavy atom. The lowest BCUT2D eigenvalue weighted by molar-refractivity contribution is 0.0720. The fraction of sp³-hybridized carbons (Fsp3) is 0.500. The second kappa shape index (κ2) is 4.45. The summed E-state index contributed by atoms with van der Waals surface area (Å²) in [7, 11) is 0. The number of hydrogen-bond acceptors (Lipinski definition) is 1. The zero-order chi connectivity index (χ0) is 11.8. The topological polar surface area (TPSA) is 20.3 Å². The van der Waals surface area contributed by atoms with E-state index in [0.717, 1.165) is 28.9 Å². The lowest BCUT2D eigenvalue weighted by Crippen LogP contribution is -2.36. The average Bonchev–Trinajstić information content (AvgIpc) is 3.07. The highest BCUT2D eigenvalue weighted by Gasteiger charge is 2.40. The van der Waals surface area contributed by atoms with Crippen molar-refractivity contribution in [2.45, 2.75) is 31.7 Å². The van der Waals surface area contributed by atoms with Crippen LogP contribution in [0.15, 0.2) is 28.7 Å². The molecule has 1 aromatic rings. The number of rotatable bonds is 2. The van der Waals surface area contributed by atoms with E-state index in [1.807, 2.05) is 24.3 Å². The van der Waals surface area contributed by atoms with Crippen LogP contribution in [-0.2, 0) is 0 Å². The Balaban J connectivity index is 1.84. The van der Waals surface area contributed by atoms with E-state index < -0.39 is 0 Å². The molecule has 1 aliphatic carbocycles. The van der Waals surface area contributed by atoms with Crippen molar-refractivity contribution in [3.8, 4) is 0 Å². The zero-order valence-corrected chi connectivity index (χ0v) is 11.3. The van der Waals surface area contributed by atoms with Crippen LogP contribution in [0.5, 0.6) is 0 Å². The van der Waals surface area contributed by atoms with Crippen molar-refractivity contribution >= 4 is 21.8 Å². The van der Waals surface area contributed by atoms with Crippen LogP contribution < -0.4 is 0 Å². The number of carbonyl (C=O) groups excluding carboxylic acids is 1. The number of carbonyl (C=O) groups is 1. The number of benzene rings is 1. The summed E-state index contributed by atoms with van der Waals surface area (Å²) in [6.07, 6.45) is 4.98. The van der Waals surface area contributed by atoms with Gasteiger partial charge in [0.1, 0.15) is 0 Å². The highest BCUT2D eigenvalue weighted by atomic mass is 79.9. The van der Waals surface area contributed by atoms with E-state index in [2.05, 4.69) is 20.8 Å². The van der Waals surface area contributed by atoms with E-state index in [9.17, 15) is 4.79 Å². The molecule has 1 saturated carbocycles. The third kappa shape index (κ3) is 2.13. The number of nitrogens with zero attached hydrogens (tertiary/aromatic N) is 1. The summed E-state index contributed by atoms with van der Waals surface area (Å²) >= 11 is 3.47. The summed E-state index contributed by atoms with van der Waals surface area (Å²) in [6.45, 7) is 0.932. The van der Waals surface area contributed by atoms with Crippen LogP contribution in [0, 0.1) is 5.92 Å². The largest absolute Gasteiger partial charge is 0.335 e. The molecule has 90 valence electrons. The molecule has 2 aliphatic rings. The Bertz CT molecular complexity index is 442. The Hall–Kier alpha value is -0.830. The molecule has 0 spiro atoms. The Kier molecular flexibility index (Phi) is 2.95. The molecule has 0 aromatic heterocycles. The van der Waals surface area contributed by atoms with Crippen LogP contribution in [0.25, 0.3) is 0 Å². The molecule has 0 bridgehead atoms. The number of hydrogen-bond donors (Lipinski definition) is 0. The summed E-state index contributed by atoms with van der Waals surface area (Å²) in [5.74, 6) is 0.982. The maximum atomic E-state index is 12.5. The van der Waals surface area contributed by atoms with Crippen molar-refractivity contribution < 1.29 is 4.79 Å². The predicted molar refractivity (Wildman–Crippen MR) is 70.9 cm³/mol. The highest BCUT2D eigenvalue weighted by molar-refractivity contribution is 9.10. The number of likely N-dealkylation sites (tertiary alicyclic amines) is 1. The van der Waals surface area contributed by atoms with Crippen molar-refractivity contribution in [2.24, 2.45) is 5.92 Å². The van der Waals surface area contributed by atoms with E-state index in [4.69, 9.17) is 0 Å². The molecule has 1 saturated heterocycles. The fourth-order valence-electron chi connectivity index (χ4n) is 2.81. The second-order valence-electron chi connectivity index (χ2n) is 5.03. The van der Waals surface area contributed by atoms with Gasteiger partial charge in [0.05, 0.1) is 5.56 Å². The first-order valence-corrected chi connectivity index (χ1v) is 7.12. The molecule has 1 aromatic carbocycles. The van der Waals surface area contributed by atoms with Gasteiger partial charge in [-0.25, -0.2) is 0 Å². The van der Waals surface area contributed by atoms with E-state index in [1.165, 1.54) is 19.3 Å². The summed E-state index contributed by atoms with van der Waals surface area (Å²) in [6, 6.07) is 8.24. The van der Waals surface area contributed by atoms with Crippen molar-refractivity contribution in [1.82, 2.24) is 4.90 Å². The molecule has 0 N–H and O–H groups in total. The summed E-state index contributed by atoms with van der Waals surface area (Å²) < 4.78 is 0.909. The van der Waals surface area contributed by atoms with Gasteiger partial charge in [0.2, 0.25) is 0 Å². The third-order valence-electron chi connectivity index (χ3n) is 3.83. The van der Waals surface area contributed by atoms with Gasteiger partial charge in [-0.2, -0.15) is 0 Å². The normalized spacial score (nSPS) is 24.1. The quantitative estimate of drug-likeness (QED) is 0.818. The van der Waals surface area contributed by atoms with E-state index in [0.29, 0.717) is 6.04 Å². The number of halogens is 1. The third-order valence-corrected chi connectivity index (χ3v) is 4.52. The lowest BCUT2D eigenvalue weighted by Gasteiger charge is -2.25. The fourth-order valence-corrected chi connectivity index (χ4v) is 3.26. The molecule has 3 rings (SSSR count). The monoisotopic (exact) mass is 293 g/mol. The van der Waals surface area contributed by atoms with Crippen LogP contribution in [0.2, 0.25) is 0 Å². The van der Waals surface area contributed by atoms with Crippen LogP contribution >= 0.6 is 15.9 Å². The summed E-state index contributed by atoms with van der Waals surface area (Å²) in [4.78, 5) is 14.6. The first kappa shape index (κ1) is 11.3. The molecular formula is C14H16BrNO. The molecular weight excluding hydrogens is 278 g/mol. The van der Waals surface area contributed by atoms with Gasteiger partial charge in [-0.1, -0.05) is 12.1 Å². The molecule has 1 amide bonds. The Morgan fingerprint density at radius 1 is 1.24 bits per heavy atom. The van der Waals surface area contributed by atoms with Gasteiger partial charge in [-0.05, 0) is 59.7 Å².